The van der Waals surface area contributed by atoms with Crippen molar-refractivity contribution in [3.05, 3.63) is 29.3 Å². The lowest BCUT2D eigenvalue weighted by Crippen LogP contribution is -2.29. The maximum atomic E-state index is 5.51. The van der Waals surface area contributed by atoms with Gasteiger partial charge in [-0.1, -0.05) is 52.7 Å². The van der Waals surface area contributed by atoms with Gasteiger partial charge in [0.05, 0.1) is 7.11 Å². The third kappa shape index (κ3) is 5.35. The summed E-state index contributed by atoms with van der Waals surface area (Å²) >= 11 is 0. The zero-order chi connectivity index (χ0) is 15.8. The summed E-state index contributed by atoms with van der Waals surface area (Å²) in [7, 11) is 1.76. The fourth-order valence-corrected chi connectivity index (χ4v) is 3.01. The zero-order valence-electron chi connectivity index (χ0n) is 14.7. The number of rotatable bonds is 9. The summed E-state index contributed by atoms with van der Waals surface area (Å²) in [4.78, 5) is 0. The molecule has 0 heterocycles. The molecule has 0 aliphatic carbocycles. The third-order valence-corrected chi connectivity index (χ3v) is 4.39. The standard InChI is InChI=1S/C19H33NO/c1-7-16(8-2)18(13-20-12-14(3)4)17-10-9-15(5)19(11-17)21-6/h9-11,14,16,18,20H,7-8,12-13H2,1-6H3. The Kier molecular flexibility index (Phi) is 7.81. The van der Waals surface area contributed by atoms with Crippen molar-refractivity contribution in [2.45, 2.75) is 53.4 Å². The summed E-state index contributed by atoms with van der Waals surface area (Å²) in [5.41, 5.74) is 2.61. The Morgan fingerprint density at radius 2 is 1.76 bits per heavy atom. The van der Waals surface area contributed by atoms with Crippen LogP contribution < -0.4 is 10.1 Å². The van der Waals surface area contributed by atoms with E-state index in [1.807, 2.05) is 0 Å². The van der Waals surface area contributed by atoms with E-state index in [2.05, 4.69) is 58.1 Å². The molecule has 0 aliphatic rings. The van der Waals surface area contributed by atoms with E-state index < -0.39 is 0 Å². The molecule has 0 saturated heterocycles. The van der Waals surface area contributed by atoms with Gasteiger partial charge in [0.15, 0.2) is 0 Å². The molecule has 1 aromatic rings. The van der Waals surface area contributed by atoms with Crippen molar-refractivity contribution < 1.29 is 4.74 Å². The van der Waals surface area contributed by atoms with Crippen LogP contribution in [0.4, 0.5) is 0 Å². The molecule has 0 amide bonds. The molecular formula is C19H33NO. The summed E-state index contributed by atoms with van der Waals surface area (Å²) < 4.78 is 5.51. The first-order valence-corrected chi connectivity index (χ1v) is 8.38. The molecule has 0 bridgehead atoms. The highest BCUT2D eigenvalue weighted by Gasteiger charge is 2.21. The smallest absolute Gasteiger partial charge is 0.122 e. The zero-order valence-corrected chi connectivity index (χ0v) is 14.7. The summed E-state index contributed by atoms with van der Waals surface area (Å²) in [6, 6.07) is 6.69. The Bertz CT molecular complexity index is 410. The first-order valence-electron chi connectivity index (χ1n) is 8.38. The molecule has 1 N–H and O–H groups in total. The Morgan fingerprint density at radius 3 is 2.29 bits per heavy atom. The third-order valence-electron chi connectivity index (χ3n) is 4.39. The summed E-state index contributed by atoms with van der Waals surface area (Å²) in [6.07, 6.45) is 2.45. The van der Waals surface area contributed by atoms with Crippen molar-refractivity contribution in [3.8, 4) is 5.75 Å². The predicted molar refractivity (Wildman–Crippen MR) is 92.3 cm³/mol. The van der Waals surface area contributed by atoms with Crippen molar-refractivity contribution in [3.63, 3.8) is 0 Å². The van der Waals surface area contributed by atoms with Crippen molar-refractivity contribution in [2.24, 2.45) is 11.8 Å². The van der Waals surface area contributed by atoms with Crippen LogP contribution in [0.3, 0.4) is 0 Å². The first kappa shape index (κ1) is 18.0. The van der Waals surface area contributed by atoms with Gasteiger partial charge in [-0.25, -0.2) is 0 Å². The Morgan fingerprint density at radius 1 is 1.10 bits per heavy atom. The van der Waals surface area contributed by atoms with Crippen LogP contribution in [0.5, 0.6) is 5.75 Å². The summed E-state index contributed by atoms with van der Waals surface area (Å²) in [5, 5.41) is 3.64. The molecule has 1 aromatic carbocycles. The second-order valence-electron chi connectivity index (χ2n) is 6.46. The number of ether oxygens (including phenoxy) is 1. The maximum absolute atomic E-state index is 5.51. The van der Waals surface area contributed by atoms with Gasteiger partial charge in [-0.05, 0) is 48.4 Å². The van der Waals surface area contributed by atoms with Gasteiger partial charge in [0.2, 0.25) is 0 Å². The normalized spacial score (nSPS) is 13.0. The monoisotopic (exact) mass is 291 g/mol. The minimum atomic E-state index is 0.563. The van der Waals surface area contributed by atoms with Crippen molar-refractivity contribution in [2.75, 3.05) is 20.2 Å². The van der Waals surface area contributed by atoms with Crippen molar-refractivity contribution in [1.29, 1.82) is 0 Å². The van der Waals surface area contributed by atoms with E-state index in [0.29, 0.717) is 11.8 Å². The van der Waals surface area contributed by atoms with E-state index in [4.69, 9.17) is 4.74 Å². The topological polar surface area (TPSA) is 21.3 Å². The molecule has 0 aromatic heterocycles. The lowest BCUT2D eigenvalue weighted by Gasteiger charge is -2.27. The van der Waals surface area contributed by atoms with Crippen LogP contribution in [0.15, 0.2) is 18.2 Å². The molecule has 0 saturated carbocycles. The van der Waals surface area contributed by atoms with E-state index in [1.165, 1.54) is 24.0 Å². The largest absolute Gasteiger partial charge is 0.496 e. The quantitative estimate of drug-likeness (QED) is 0.707. The highest BCUT2D eigenvalue weighted by Crippen LogP contribution is 2.32. The number of aryl methyl sites for hydroxylation is 1. The van der Waals surface area contributed by atoms with Gasteiger partial charge in [0.25, 0.3) is 0 Å². The van der Waals surface area contributed by atoms with Gasteiger partial charge in [-0.15, -0.1) is 0 Å². The minimum absolute atomic E-state index is 0.563. The fourth-order valence-electron chi connectivity index (χ4n) is 3.01. The van der Waals surface area contributed by atoms with Gasteiger partial charge in [-0.3, -0.25) is 0 Å². The molecule has 1 unspecified atom stereocenters. The Hall–Kier alpha value is -1.02. The Labute approximate surface area is 131 Å². The highest BCUT2D eigenvalue weighted by atomic mass is 16.5. The minimum Gasteiger partial charge on any atom is -0.496 e. The lowest BCUT2D eigenvalue weighted by molar-refractivity contribution is 0.369. The SMILES string of the molecule is CCC(CC)C(CNCC(C)C)c1ccc(C)c(OC)c1. The number of methoxy groups -OCH3 is 1. The second-order valence-corrected chi connectivity index (χ2v) is 6.46. The van der Waals surface area contributed by atoms with E-state index in [9.17, 15) is 0 Å². The van der Waals surface area contributed by atoms with E-state index >= 15 is 0 Å². The van der Waals surface area contributed by atoms with E-state index in [0.717, 1.165) is 24.8 Å². The van der Waals surface area contributed by atoms with E-state index in [-0.39, 0.29) is 0 Å². The average molecular weight is 291 g/mol. The predicted octanol–water partition coefficient (Wildman–Crippen LogP) is 4.77. The molecule has 21 heavy (non-hydrogen) atoms. The molecule has 0 spiro atoms. The molecule has 0 aliphatic heterocycles. The Balaban J connectivity index is 2.93. The molecule has 1 atom stereocenters. The molecule has 1 rings (SSSR count). The van der Waals surface area contributed by atoms with Gasteiger partial charge in [0, 0.05) is 6.54 Å². The molecular weight excluding hydrogens is 258 g/mol. The number of nitrogens with one attached hydrogen (secondary N) is 1. The van der Waals surface area contributed by atoms with Crippen LogP contribution in [0.2, 0.25) is 0 Å². The molecule has 2 nitrogen and oxygen atoms in total. The average Bonchev–Trinajstić information content (AvgIpc) is 2.47. The van der Waals surface area contributed by atoms with Gasteiger partial charge in [0.1, 0.15) is 5.75 Å². The second kappa shape index (κ2) is 9.09. The molecule has 2 heteroatoms. The lowest BCUT2D eigenvalue weighted by atomic mass is 9.82. The molecule has 0 fully saturated rings. The summed E-state index contributed by atoms with van der Waals surface area (Å²) in [6.45, 7) is 13.4. The van der Waals surface area contributed by atoms with Gasteiger partial charge in [-0.2, -0.15) is 0 Å². The van der Waals surface area contributed by atoms with E-state index in [1.54, 1.807) is 7.11 Å². The maximum Gasteiger partial charge on any atom is 0.122 e. The van der Waals surface area contributed by atoms with Crippen LogP contribution in [0.1, 0.15) is 57.6 Å². The first-order chi connectivity index (χ1) is 10.0. The van der Waals surface area contributed by atoms with Crippen LogP contribution >= 0.6 is 0 Å². The molecule has 120 valence electrons. The van der Waals surface area contributed by atoms with Crippen LogP contribution in [-0.2, 0) is 0 Å². The van der Waals surface area contributed by atoms with Gasteiger partial charge < -0.3 is 10.1 Å². The van der Waals surface area contributed by atoms with Crippen molar-refractivity contribution >= 4 is 0 Å². The van der Waals surface area contributed by atoms with Crippen molar-refractivity contribution in [1.82, 2.24) is 5.32 Å². The number of hydrogen-bond donors (Lipinski definition) is 1. The number of benzene rings is 1. The van der Waals surface area contributed by atoms with Crippen LogP contribution in [0, 0.1) is 18.8 Å². The number of hydrogen-bond acceptors (Lipinski definition) is 2. The molecule has 0 radical (unpaired) electrons. The van der Waals surface area contributed by atoms with Crippen LogP contribution in [0.25, 0.3) is 0 Å². The van der Waals surface area contributed by atoms with Gasteiger partial charge >= 0.3 is 0 Å². The van der Waals surface area contributed by atoms with Crippen LogP contribution in [-0.4, -0.2) is 20.2 Å². The fraction of sp³-hybridized carbons (Fsp3) is 0.684. The summed E-state index contributed by atoms with van der Waals surface area (Å²) in [5.74, 6) is 2.98. The highest BCUT2D eigenvalue weighted by molar-refractivity contribution is 5.38.